The lowest BCUT2D eigenvalue weighted by Crippen LogP contribution is -2.30. The summed E-state index contributed by atoms with van der Waals surface area (Å²) in [5, 5.41) is 6.89. The van der Waals surface area contributed by atoms with Crippen LogP contribution >= 0.6 is 0 Å². The minimum Gasteiger partial charge on any atom is -0.339 e. The fourth-order valence-electron chi connectivity index (χ4n) is 3.69. The molecule has 1 amide bonds. The molecule has 2 aromatic heterocycles. The highest BCUT2D eigenvalue weighted by Crippen LogP contribution is 2.24. The number of amides is 1. The van der Waals surface area contributed by atoms with Gasteiger partial charge in [0.05, 0.1) is 11.0 Å². The molecule has 1 N–H and O–H groups in total. The predicted molar refractivity (Wildman–Crippen MR) is 119 cm³/mol. The molecule has 0 aliphatic rings. The third-order valence-corrected chi connectivity index (χ3v) is 5.23. The van der Waals surface area contributed by atoms with E-state index in [4.69, 9.17) is 4.52 Å². The molecule has 4 rings (SSSR count). The topological polar surface area (TPSA) is 95.0 Å². The second-order valence-corrected chi connectivity index (χ2v) is 8.04. The number of rotatable bonds is 5. The molecule has 0 saturated heterocycles. The van der Waals surface area contributed by atoms with E-state index in [-0.39, 0.29) is 24.2 Å². The van der Waals surface area contributed by atoms with Gasteiger partial charge in [0, 0.05) is 24.2 Å². The first-order valence-corrected chi connectivity index (χ1v) is 10.2. The third-order valence-electron chi connectivity index (χ3n) is 5.23. The Morgan fingerprint density at radius 3 is 2.55 bits per heavy atom. The van der Waals surface area contributed by atoms with Crippen molar-refractivity contribution in [3.63, 3.8) is 0 Å². The molecule has 4 aromatic rings. The Kier molecular flexibility index (Phi) is 5.22. The van der Waals surface area contributed by atoms with Gasteiger partial charge in [0.25, 0.3) is 0 Å². The maximum Gasteiger partial charge on any atom is 0.329 e. The number of imidazole rings is 1. The smallest absolute Gasteiger partial charge is 0.329 e. The van der Waals surface area contributed by atoms with Gasteiger partial charge in [0.15, 0.2) is 0 Å². The summed E-state index contributed by atoms with van der Waals surface area (Å²) in [6.45, 7) is 9.41. The van der Waals surface area contributed by atoms with Crippen molar-refractivity contribution in [2.24, 2.45) is 0 Å². The number of hydrogen-bond acceptors (Lipinski definition) is 5. The number of fused-ring (bicyclic) bond motifs is 1. The van der Waals surface area contributed by atoms with E-state index in [9.17, 15) is 9.59 Å². The Labute approximate surface area is 179 Å². The number of nitrogens with zero attached hydrogens (tertiary/aromatic N) is 4. The molecule has 160 valence electrons. The van der Waals surface area contributed by atoms with Gasteiger partial charge in [-0.1, -0.05) is 17.3 Å². The first-order chi connectivity index (χ1) is 14.7. The number of anilines is 1. The van der Waals surface area contributed by atoms with Crippen molar-refractivity contribution in [1.29, 1.82) is 0 Å². The van der Waals surface area contributed by atoms with Crippen LogP contribution in [0.4, 0.5) is 5.69 Å². The van der Waals surface area contributed by atoms with Crippen molar-refractivity contribution in [3.05, 3.63) is 63.9 Å². The Hall–Kier alpha value is -3.68. The fraction of sp³-hybridized carbons (Fsp3) is 0.304. The van der Waals surface area contributed by atoms with Crippen LogP contribution in [0, 0.1) is 20.8 Å². The predicted octanol–water partition coefficient (Wildman–Crippen LogP) is 4.00. The van der Waals surface area contributed by atoms with E-state index in [1.165, 1.54) is 4.57 Å². The largest absolute Gasteiger partial charge is 0.339 e. The van der Waals surface area contributed by atoms with Crippen LogP contribution in [0.3, 0.4) is 0 Å². The number of hydrogen-bond donors (Lipinski definition) is 1. The summed E-state index contributed by atoms with van der Waals surface area (Å²) in [7, 11) is 0. The van der Waals surface area contributed by atoms with Crippen LogP contribution in [0.15, 0.2) is 45.7 Å². The molecule has 2 heterocycles. The second-order valence-electron chi connectivity index (χ2n) is 8.04. The van der Waals surface area contributed by atoms with E-state index >= 15 is 0 Å². The maximum absolute atomic E-state index is 13.2. The highest BCUT2D eigenvalue weighted by Gasteiger charge is 2.19. The minimum atomic E-state index is -0.264. The molecule has 0 spiro atoms. The Bertz CT molecular complexity index is 1340. The molecular formula is C23H25N5O3. The van der Waals surface area contributed by atoms with Gasteiger partial charge in [0.2, 0.25) is 17.6 Å². The number of carbonyl (C=O) groups is 1. The quantitative estimate of drug-likeness (QED) is 0.528. The normalized spacial score (nSPS) is 11.4. The van der Waals surface area contributed by atoms with Gasteiger partial charge in [0.1, 0.15) is 6.54 Å². The molecule has 2 aromatic carbocycles. The van der Waals surface area contributed by atoms with E-state index < -0.39 is 0 Å². The first kappa shape index (κ1) is 20.6. The summed E-state index contributed by atoms with van der Waals surface area (Å²) in [6, 6.07) is 11.3. The van der Waals surface area contributed by atoms with Gasteiger partial charge in [-0.2, -0.15) is 4.98 Å². The van der Waals surface area contributed by atoms with Gasteiger partial charge in [-0.15, -0.1) is 0 Å². The summed E-state index contributed by atoms with van der Waals surface area (Å²) in [6.07, 6.45) is 0. The van der Waals surface area contributed by atoms with Crippen molar-refractivity contribution in [1.82, 2.24) is 19.3 Å². The van der Waals surface area contributed by atoms with Crippen molar-refractivity contribution in [2.75, 3.05) is 5.32 Å². The average Bonchev–Trinajstić information content (AvgIpc) is 3.26. The minimum absolute atomic E-state index is 0.0587. The van der Waals surface area contributed by atoms with Gasteiger partial charge in [-0.25, -0.2) is 4.79 Å². The monoisotopic (exact) mass is 419 g/mol. The Morgan fingerprint density at radius 1 is 1.10 bits per heavy atom. The van der Waals surface area contributed by atoms with Gasteiger partial charge >= 0.3 is 5.69 Å². The lowest BCUT2D eigenvalue weighted by atomic mass is 10.1. The summed E-state index contributed by atoms with van der Waals surface area (Å²) < 4.78 is 8.26. The zero-order valence-corrected chi connectivity index (χ0v) is 18.3. The number of nitrogens with one attached hydrogen (secondary N) is 1. The number of benzene rings is 2. The molecular weight excluding hydrogens is 394 g/mol. The number of carbonyl (C=O) groups excluding carboxylic acids is 1. The Morgan fingerprint density at radius 2 is 1.87 bits per heavy atom. The molecule has 0 aliphatic carbocycles. The molecule has 0 bridgehead atoms. The van der Waals surface area contributed by atoms with Crippen molar-refractivity contribution >= 4 is 22.6 Å². The molecule has 8 heteroatoms. The van der Waals surface area contributed by atoms with Crippen LogP contribution in [0.2, 0.25) is 0 Å². The standard InChI is InChI=1S/C23H25N5O3/c1-13(2)28-19-9-8-17(22-24-16(5)31-26-22)11-20(19)27(23(28)30)12-21(29)25-18-10-14(3)6-7-15(18)4/h6-11,13H,12H2,1-5H3,(H,25,29). The molecule has 0 saturated carbocycles. The van der Waals surface area contributed by atoms with Crippen LogP contribution in [0.1, 0.15) is 36.9 Å². The van der Waals surface area contributed by atoms with Crippen molar-refractivity contribution in [3.8, 4) is 11.4 Å². The van der Waals surface area contributed by atoms with E-state index in [1.807, 2.05) is 64.1 Å². The van der Waals surface area contributed by atoms with Crippen molar-refractivity contribution < 1.29 is 9.32 Å². The zero-order chi connectivity index (χ0) is 22.3. The summed E-state index contributed by atoms with van der Waals surface area (Å²) in [5.41, 5.74) is 4.64. The van der Waals surface area contributed by atoms with Crippen LogP contribution in [0.5, 0.6) is 0 Å². The second kappa shape index (κ2) is 7.86. The summed E-state index contributed by atoms with van der Waals surface area (Å²) in [5.74, 6) is 0.634. The van der Waals surface area contributed by atoms with Crippen LogP contribution in [-0.4, -0.2) is 25.2 Å². The molecule has 0 unspecified atom stereocenters. The third kappa shape index (κ3) is 3.88. The van der Waals surface area contributed by atoms with Gasteiger partial charge in [-0.05, 0) is 63.1 Å². The number of aryl methyl sites for hydroxylation is 3. The maximum atomic E-state index is 13.2. The lowest BCUT2D eigenvalue weighted by molar-refractivity contribution is -0.116. The first-order valence-electron chi connectivity index (χ1n) is 10.2. The highest BCUT2D eigenvalue weighted by atomic mass is 16.5. The van der Waals surface area contributed by atoms with E-state index in [0.717, 1.165) is 22.3 Å². The molecule has 31 heavy (non-hydrogen) atoms. The molecule has 0 fully saturated rings. The van der Waals surface area contributed by atoms with Crippen LogP contribution in [-0.2, 0) is 11.3 Å². The zero-order valence-electron chi connectivity index (χ0n) is 18.3. The highest BCUT2D eigenvalue weighted by molar-refractivity contribution is 5.92. The number of aromatic nitrogens is 4. The van der Waals surface area contributed by atoms with Gasteiger partial charge in [-0.3, -0.25) is 13.9 Å². The molecule has 0 radical (unpaired) electrons. The fourth-order valence-corrected chi connectivity index (χ4v) is 3.69. The van der Waals surface area contributed by atoms with E-state index in [0.29, 0.717) is 22.8 Å². The average molecular weight is 419 g/mol. The van der Waals surface area contributed by atoms with Crippen LogP contribution in [0.25, 0.3) is 22.4 Å². The van der Waals surface area contributed by atoms with E-state index in [1.54, 1.807) is 11.5 Å². The summed E-state index contributed by atoms with van der Waals surface area (Å²) >= 11 is 0. The molecule has 0 atom stereocenters. The molecule has 8 nitrogen and oxygen atoms in total. The van der Waals surface area contributed by atoms with Gasteiger partial charge < -0.3 is 9.84 Å². The SMILES string of the molecule is Cc1ccc(C)c(NC(=O)Cn2c(=O)n(C(C)C)c3ccc(-c4noc(C)n4)cc32)c1. The van der Waals surface area contributed by atoms with E-state index in [2.05, 4.69) is 15.5 Å². The lowest BCUT2D eigenvalue weighted by Gasteiger charge is -2.10. The summed E-state index contributed by atoms with van der Waals surface area (Å²) in [4.78, 5) is 30.3. The van der Waals surface area contributed by atoms with Crippen molar-refractivity contribution in [2.45, 2.75) is 47.2 Å². The Balaban J connectivity index is 1.76. The van der Waals surface area contributed by atoms with Crippen LogP contribution < -0.4 is 11.0 Å². The molecule has 0 aliphatic heterocycles.